The van der Waals surface area contributed by atoms with Crippen LogP contribution in [0.2, 0.25) is 0 Å². The van der Waals surface area contributed by atoms with Crippen molar-refractivity contribution in [1.82, 2.24) is 4.31 Å². The number of rotatable bonds is 4. The van der Waals surface area contributed by atoms with Crippen LogP contribution in [0.15, 0.2) is 29.2 Å². The number of morpholine rings is 1. The molecule has 128 valence electrons. The van der Waals surface area contributed by atoms with Crippen LogP contribution in [0.1, 0.15) is 24.8 Å². The second-order valence-electron chi connectivity index (χ2n) is 6.39. The molecule has 1 aromatic carbocycles. The van der Waals surface area contributed by atoms with Gasteiger partial charge in [0, 0.05) is 19.6 Å². The van der Waals surface area contributed by atoms with Crippen LogP contribution in [0, 0.1) is 12.8 Å². The molecular weight excluding hydrogens is 314 g/mol. The summed E-state index contributed by atoms with van der Waals surface area (Å²) in [5.74, 6) is 0.207. The number of sulfonamides is 1. The molecule has 0 bridgehead atoms. The molecule has 2 fully saturated rings. The Morgan fingerprint density at radius 1 is 1.26 bits per heavy atom. The Hall–Kier alpha value is -0.950. The molecule has 0 unspecified atom stereocenters. The average molecular weight is 339 g/mol. The first-order chi connectivity index (χ1) is 11.1. The van der Waals surface area contributed by atoms with Gasteiger partial charge in [-0.25, -0.2) is 8.42 Å². The molecule has 0 N–H and O–H groups in total. The van der Waals surface area contributed by atoms with E-state index in [1.165, 1.54) is 0 Å². The second-order valence-corrected chi connectivity index (χ2v) is 8.25. The minimum atomic E-state index is -3.51. The quantitative estimate of drug-likeness (QED) is 0.844. The Kier molecular flexibility index (Phi) is 5.06. The van der Waals surface area contributed by atoms with E-state index < -0.39 is 10.0 Å². The second kappa shape index (κ2) is 6.89. The monoisotopic (exact) mass is 339 g/mol. The van der Waals surface area contributed by atoms with Crippen LogP contribution >= 0.6 is 0 Å². The van der Waals surface area contributed by atoms with Crippen molar-refractivity contribution in [2.45, 2.75) is 43.2 Å². The lowest BCUT2D eigenvalue weighted by atomic mass is 9.96. The highest BCUT2D eigenvalue weighted by Crippen LogP contribution is 2.36. The van der Waals surface area contributed by atoms with Crippen LogP contribution < -0.4 is 0 Å². The summed E-state index contributed by atoms with van der Waals surface area (Å²) >= 11 is 0. The van der Waals surface area contributed by atoms with Gasteiger partial charge in [0.05, 0.1) is 30.3 Å². The molecule has 1 aromatic rings. The van der Waals surface area contributed by atoms with Crippen LogP contribution in [0.3, 0.4) is 0 Å². The summed E-state index contributed by atoms with van der Waals surface area (Å²) < 4.78 is 39.3. The van der Waals surface area contributed by atoms with Gasteiger partial charge in [-0.05, 0) is 31.4 Å². The van der Waals surface area contributed by atoms with E-state index in [0.717, 1.165) is 24.8 Å². The van der Waals surface area contributed by atoms with Gasteiger partial charge in [-0.2, -0.15) is 4.31 Å². The van der Waals surface area contributed by atoms with Gasteiger partial charge in [-0.1, -0.05) is 24.6 Å². The molecule has 1 heterocycles. The number of ether oxygens (including phenoxy) is 2. The third-order valence-electron chi connectivity index (χ3n) is 5.10. The van der Waals surface area contributed by atoms with E-state index in [2.05, 4.69) is 0 Å². The predicted molar refractivity (Wildman–Crippen MR) is 87.8 cm³/mol. The van der Waals surface area contributed by atoms with Crippen molar-refractivity contribution in [3.05, 3.63) is 29.8 Å². The lowest BCUT2D eigenvalue weighted by Crippen LogP contribution is -2.53. The van der Waals surface area contributed by atoms with E-state index in [1.54, 1.807) is 23.5 Å². The summed E-state index contributed by atoms with van der Waals surface area (Å²) in [6.45, 7) is 3.16. The standard InChI is InChI=1S/C17H25NO4S/c1-13-6-3-4-9-17(13)23(19,20)18-10-11-22-12-15(18)14-7-5-8-16(14)21-2/h3-4,6,9,14-16H,5,7-8,10-12H2,1-2H3/t14-,15+,16+/m0/s1. The molecule has 0 radical (unpaired) electrons. The molecule has 6 heteroatoms. The van der Waals surface area contributed by atoms with Gasteiger partial charge in [0.25, 0.3) is 0 Å². The normalized spacial score (nSPS) is 29.7. The predicted octanol–water partition coefficient (Wildman–Crippen LogP) is 2.20. The Bertz CT molecular complexity index is 646. The highest BCUT2D eigenvalue weighted by atomic mass is 32.2. The average Bonchev–Trinajstić information content (AvgIpc) is 3.03. The maximum absolute atomic E-state index is 13.2. The summed E-state index contributed by atoms with van der Waals surface area (Å²) in [7, 11) is -1.80. The summed E-state index contributed by atoms with van der Waals surface area (Å²) in [5.41, 5.74) is 0.785. The summed E-state index contributed by atoms with van der Waals surface area (Å²) in [4.78, 5) is 0.402. The fourth-order valence-corrected chi connectivity index (χ4v) is 5.77. The molecule has 0 spiro atoms. The maximum atomic E-state index is 13.2. The van der Waals surface area contributed by atoms with Crippen molar-refractivity contribution < 1.29 is 17.9 Å². The molecule has 1 saturated carbocycles. The van der Waals surface area contributed by atoms with Crippen molar-refractivity contribution in [1.29, 1.82) is 0 Å². The number of hydrogen-bond acceptors (Lipinski definition) is 4. The molecular formula is C17H25NO4S. The lowest BCUT2D eigenvalue weighted by Gasteiger charge is -2.39. The summed E-state index contributed by atoms with van der Waals surface area (Å²) in [6.07, 6.45) is 3.19. The van der Waals surface area contributed by atoms with Crippen LogP contribution in [0.5, 0.6) is 0 Å². The highest BCUT2D eigenvalue weighted by molar-refractivity contribution is 7.89. The van der Waals surface area contributed by atoms with E-state index in [0.29, 0.717) is 24.7 Å². The SMILES string of the molecule is CO[C@@H]1CCC[C@H]1[C@H]1COCCN1S(=O)(=O)c1ccccc1C. The Labute approximate surface area is 138 Å². The van der Waals surface area contributed by atoms with Gasteiger partial charge in [0.2, 0.25) is 10.0 Å². The zero-order valence-electron chi connectivity index (χ0n) is 13.8. The van der Waals surface area contributed by atoms with E-state index >= 15 is 0 Å². The van der Waals surface area contributed by atoms with E-state index in [4.69, 9.17) is 9.47 Å². The van der Waals surface area contributed by atoms with Crippen LogP contribution in [-0.4, -0.2) is 51.7 Å². The molecule has 23 heavy (non-hydrogen) atoms. The molecule has 3 rings (SSSR count). The Balaban J connectivity index is 1.94. The van der Waals surface area contributed by atoms with Crippen molar-refractivity contribution in [3.63, 3.8) is 0 Å². The molecule has 1 aliphatic carbocycles. The van der Waals surface area contributed by atoms with Crippen LogP contribution in [-0.2, 0) is 19.5 Å². The third kappa shape index (κ3) is 3.18. The number of hydrogen-bond donors (Lipinski definition) is 0. The fraction of sp³-hybridized carbons (Fsp3) is 0.647. The van der Waals surface area contributed by atoms with Crippen LogP contribution in [0.4, 0.5) is 0 Å². The number of aryl methyl sites for hydroxylation is 1. The molecule has 0 amide bonds. The van der Waals surface area contributed by atoms with Gasteiger partial charge >= 0.3 is 0 Å². The maximum Gasteiger partial charge on any atom is 0.243 e. The largest absolute Gasteiger partial charge is 0.381 e. The topological polar surface area (TPSA) is 55.8 Å². The highest BCUT2D eigenvalue weighted by Gasteiger charge is 2.43. The number of nitrogens with zero attached hydrogens (tertiary/aromatic N) is 1. The zero-order valence-corrected chi connectivity index (χ0v) is 14.6. The first-order valence-corrected chi connectivity index (χ1v) is 9.67. The molecule has 5 nitrogen and oxygen atoms in total. The van der Waals surface area contributed by atoms with Crippen molar-refractivity contribution >= 4 is 10.0 Å². The van der Waals surface area contributed by atoms with E-state index in [1.807, 2.05) is 19.1 Å². The molecule has 2 aliphatic rings. The fourth-order valence-electron chi connectivity index (χ4n) is 3.90. The first kappa shape index (κ1) is 16.9. The first-order valence-electron chi connectivity index (χ1n) is 8.23. The van der Waals surface area contributed by atoms with Gasteiger partial charge in [-0.3, -0.25) is 0 Å². The number of benzene rings is 1. The van der Waals surface area contributed by atoms with Crippen molar-refractivity contribution in [3.8, 4) is 0 Å². The number of methoxy groups -OCH3 is 1. The lowest BCUT2D eigenvalue weighted by molar-refractivity contribution is -0.0260. The third-order valence-corrected chi connectivity index (χ3v) is 7.18. The smallest absolute Gasteiger partial charge is 0.243 e. The summed E-state index contributed by atoms with van der Waals surface area (Å²) in [6, 6.07) is 7.04. The van der Waals surface area contributed by atoms with Gasteiger partial charge in [0.1, 0.15) is 0 Å². The van der Waals surface area contributed by atoms with Gasteiger partial charge in [-0.15, -0.1) is 0 Å². The Morgan fingerprint density at radius 3 is 2.78 bits per heavy atom. The van der Waals surface area contributed by atoms with E-state index in [-0.39, 0.29) is 18.1 Å². The molecule has 0 aromatic heterocycles. The van der Waals surface area contributed by atoms with Crippen molar-refractivity contribution in [2.75, 3.05) is 26.9 Å². The Morgan fingerprint density at radius 2 is 2.04 bits per heavy atom. The minimum absolute atomic E-state index is 0.122. The zero-order chi connectivity index (χ0) is 16.4. The summed E-state index contributed by atoms with van der Waals surface area (Å²) in [5, 5.41) is 0. The molecule has 1 aliphatic heterocycles. The molecule has 3 atom stereocenters. The molecule has 1 saturated heterocycles. The van der Waals surface area contributed by atoms with Crippen LogP contribution in [0.25, 0.3) is 0 Å². The van der Waals surface area contributed by atoms with Crippen molar-refractivity contribution in [2.24, 2.45) is 5.92 Å². The van der Waals surface area contributed by atoms with Gasteiger partial charge in [0.15, 0.2) is 0 Å². The minimum Gasteiger partial charge on any atom is -0.381 e. The van der Waals surface area contributed by atoms with Gasteiger partial charge < -0.3 is 9.47 Å². The van der Waals surface area contributed by atoms with E-state index in [9.17, 15) is 8.42 Å².